The lowest BCUT2D eigenvalue weighted by Gasteiger charge is -2.42. The molecule has 5 aromatic carbocycles. The maximum absolute atomic E-state index is 2.48. The molecule has 41 heavy (non-hydrogen) atoms. The number of allylic oxidation sites excluding steroid dienone is 4. The summed E-state index contributed by atoms with van der Waals surface area (Å²) < 4.78 is 2.48. The summed E-state index contributed by atoms with van der Waals surface area (Å²) in [7, 11) is 0. The maximum atomic E-state index is 2.48. The minimum Gasteiger partial charge on any atom is -0.313 e. The van der Waals surface area contributed by atoms with Gasteiger partial charge in [0, 0.05) is 27.6 Å². The van der Waals surface area contributed by atoms with Crippen molar-refractivity contribution in [3.63, 3.8) is 0 Å². The van der Waals surface area contributed by atoms with Crippen LogP contribution in [0.5, 0.6) is 0 Å². The zero-order valence-corrected chi connectivity index (χ0v) is 23.5. The van der Waals surface area contributed by atoms with Gasteiger partial charge in [0.15, 0.2) is 0 Å². The fourth-order valence-electron chi connectivity index (χ4n) is 7.07. The number of para-hydroxylation sites is 3. The molecule has 0 atom stereocenters. The number of anilines is 3. The number of benzene rings is 5. The van der Waals surface area contributed by atoms with Crippen LogP contribution in [0, 0.1) is 0 Å². The highest BCUT2D eigenvalue weighted by Gasteiger charge is 2.37. The van der Waals surface area contributed by atoms with Gasteiger partial charge in [0.05, 0.1) is 22.4 Å². The Bertz CT molecular complexity index is 2020. The van der Waals surface area contributed by atoms with Crippen molar-refractivity contribution >= 4 is 44.6 Å². The Balaban J connectivity index is 1.38. The molecule has 0 spiro atoms. The molecule has 1 aliphatic heterocycles. The first kappa shape index (κ1) is 24.0. The molecule has 1 aromatic heterocycles. The molecule has 6 aromatic rings. The van der Waals surface area contributed by atoms with Gasteiger partial charge >= 0.3 is 0 Å². The molecule has 0 amide bonds. The van der Waals surface area contributed by atoms with Gasteiger partial charge in [-0.15, -0.1) is 0 Å². The number of hydrogen-bond donors (Lipinski definition) is 0. The van der Waals surface area contributed by atoms with Gasteiger partial charge in [-0.2, -0.15) is 0 Å². The smallest absolute Gasteiger partial charge is 0.0544 e. The molecule has 2 heterocycles. The molecular formula is C39H32N2. The van der Waals surface area contributed by atoms with E-state index >= 15 is 0 Å². The van der Waals surface area contributed by atoms with E-state index in [1.54, 1.807) is 0 Å². The van der Waals surface area contributed by atoms with Crippen LogP contribution < -0.4 is 4.90 Å². The van der Waals surface area contributed by atoms with E-state index in [9.17, 15) is 0 Å². The molecule has 0 N–H and O–H groups in total. The van der Waals surface area contributed by atoms with Crippen LogP contribution in [-0.2, 0) is 5.41 Å². The lowest BCUT2D eigenvalue weighted by Crippen LogP contribution is -2.30. The van der Waals surface area contributed by atoms with Crippen LogP contribution in [0.2, 0.25) is 0 Å². The predicted octanol–water partition coefficient (Wildman–Crippen LogP) is 10.8. The van der Waals surface area contributed by atoms with Gasteiger partial charge < -0.3 is 9.47 Å². The molecule has 0 radical (unpaired) electrons. The fraction of sp³-hybridized carbons (Fsp3) is 0.128. The third-order valence-corrected chi connectivity index (χ3v) is 9.03. The number of rotatable bonds is 3. The highest BCUT2D eigenvalue weighted by atomic mass is 15.2. The van der Waals surface area contributed by atoms with Crippen molar-refractivity contribution in [1.82, 2.24) is 4.57 Å². The number of nitrogens with zero attached hydrogens (tertiary/aromatic N) is 2. The van der Waals surface area contributed by atoms with Gasteiger partial charge in [0.2, 0.25) is 0 Å². The number of fused-ring (bicyclic) bond motifs is 5. The average Bonchev–Trinajstić information content (AvgIpc) is 3.37. The normalized spacial score (nSPS) is 15.6. The lowest BCUT2D eigenvalue weighted by atomic mass is 9.73. The molecular weight excluding hydrogens is 496 g/mol. The Kier molecular flexibility index (Phi) is 5.33. The van der Waals surface area contributed by atoms with Crippen LogP contribution in [-0.4, -0.2) is 4.57 Å². The summed E-state index contributed by atoms with van der Waals surface area (Å²) in [5, 5.41) is 2.63. The van der Waals surface area contributed by atoms with Crippen molar-refractivity contribution in [3.8, 4) is 11.1 Å². The van der Waals surface area contributed by atoms with Gasteiger partial charge in [0.25, 0.3) is 0 Å². The Morgan fingerprint density at radius 3 is 2.27 bits per heavy atom. The third kappa shape index (κ3) is 3.57. The molecule has 1 aliphatic carbocycles. The van der Waals surface area contributed by atoms with Gasteiger partial charge in [-0.25, -0.2) is 0 Å². The second-order valence-corrected chi connectivity index (χ2v) is 11.7. The first-order valence-corrected chi connectivity index (χ1v) is 14.6. The Labute approximate surface area is 241 Å². The predicted molar refractivity (Wildman–Crippen MR) is 174 cm³/mol. The average molecular weight is 529 g/mol. The van der Waals surface area contributed by atoms with E-state index in [1.807, 2.05) is 0 Å². The summed E-state index contributed by atoms with van der Waals surface area (Å²) in [6, 6.07) is 42.4. The number of hydrogen-bond acceptors (Lipinski definition) is 1. The first-order valence-electron chi connectivity index (χ1n) is 14.6. The quantitative estimate of drug-likeness (QED) is 0.222. The van der Waals surface area contributed by atoms with E-state index in [4.69, 9.17) is 0 Å². The maximum Gasteiger partial charge on any atom is 0.0544 e. The van der Waals surface area contributed by atoms with E-state index in [1.165, 1.54) is 66.8 Å². The van der Waals surface area contributed by atoms with Crippen molar-refractivity contribution in [2.45, 2.75) is 32.1 Å². The van der Waals surface area contributed by atoms with Crippen molar-refractivity contribution < 1.29 is 0 Å². The van der Waals surface area contributed by atoms with Crippen LogP contribution in [0.25, 0.3) is 38.6 Å². The number of aromatic nitrogens is 1. The minimum atomic E-state index is -0.144. The van der Waals surface area contributed by atoms with E-state index in [0.29, 0.717) is 0 Å². The fourth-order valence-corrected chi connectivity index (χ4v) is 7.07. The summed E-state index contributed by atoms with van der Waals surface area (Å²) in [5.74, 6) is 0. The second-order valence-electron chi connectivity index (χ2n) is 11.7. The SMILES string of the molecule is CC1(C)c2ccccc2N(c2ccccc2)c2ccc(-c3cccc4c3c3ccccc3n4C3=CC=CCC3)cc21. The molecule has 0 saturated carbocycles. The summed E-state index contributed by atoms with van der Waals surface area (Å²) in [6.45, 7) is 4.73. The standard InChI is InChI=1S/C39H32N2/c1-39(2)32-20-10-12-22-35(32)41(29-16-7-4-8-17-29)36-25-24-27(26-33(36)39)30-19-13-23-37-38(30)31-18-9-11-21-34(31)40(37)28-14-5-3-6-15-28/h3-5,7-14,16-26H,6,15H2,1-2H3. The largest absolute Gasteiger partial charge is 0.313 e. The van der Waals surface area contributed by atoms with Crippen LogP contribution >= 0.6 is 0 Å². The Morgan fingerprint density at radius 1 is 0.659 bits per heavy atom. The summed E-state index contributed by atoms with van der Waals surface area (Å²) >= 11 is 0. The van der Waals surface area contributed by atoms with E-state index < -0.39 is 0 Å². The molecule has 0 fully saturated rings. The summed E-state index contributed by atoms with van der Waals surface area (Å²) in [5.41, 5.74) is 12.7. The topological polar surface area (TPSA) is 8.17 Å². The van der Waals surface area contributed by atoms with Crippen molar-refractivity contribution in [3.05, 3.63) is 145 Å². The highest BCUT2D eigenvalue weighted by molar-refractivity contribution is 6.16. The van der Waals surface area contributed by atoms with Crippen LogP contribution in [0.15, 0.2) is 133 Å². The highest BCUT2D eigenvalue weighted by Crippen LogP contribution is 2.53. The van der Waals surface area contributed by atoms with E-state index in [-0.39, 0.29) is 5.41 Å². The Morgan fingerprint density at radius 2 is 1.41 bits per heavy atom. The van der Waals surface area contributed by atoms with E-state index in [0.717, 1.165) is 12.8 Å². The molecule has 0 unspecified atom stereocenters. The molecule has 0 bridgehead atoms. The van der Waals surface area contributed by atoms with Crippen molar-refractivity contribution in [2.75, 3.05) is 4.90 Å². The van der Waals surface area contributed by atoms with Gasteiger partial charge in [-0.1, -0.05) is 98.8 Å². The van der Waals surface area contributed by atoms with Gasteiger partial charge in [0.1, 0.15) is 0 Å². The van der Waals surface area contributed by atoms with Crippen LogP contribution in [0.3, 0.4) is 0 Å². The molecule has 198 valence electrons. The second kappa shape index (κ2) is 9.11. The molecule has 2 aliphatic rings. The van der Waals surface area contributed by atoms with Crippen molar-refractivity contribution in [1.29, 1.82) is 0 Å². The van der Waals surface area contributed by atoms with Gasteiger partial charge in [-0.05, 0) is 83.6 Å². The molecule has 2 nitrogen and oxygen atoms in total. The lowest BCUT2D eigenvalue weighted by molar-refractivity contribution is 0.632. The minimum absolute atomic E-state index is 0.144. The first-order chi connectivity index (χ1) is 20.1. The van der Waals surface area contributed by atoms with Gasteiger partial charge in [-0.3, -0.25) is 0 Å². The van der Waals surface area contributed by atoms with Crippen LogP contribution in [0.1, 0.15) is 37.8 Å². The molecule has 8 rings (SSSR count). The Hall–Kier alpha value is -4.82. The summed E-state index contributed by atoms with van der Waals surface area (Å²) in [6.07, 6.45) is 8.87. The zero-order chi connectivity index (χ0) is 27.6. The molecule has 0 saturated heterocycles. The van der Waals surface area contributed by atoms with Crippen LogP contribution in [0.4, 0.5) is 17.1 Å². The zero-order valence-electron chi connectivity index (χ0n) is 23.5. The summed E-state index contributed by atoms with van der Waals surface area (Å²) in [4.78, 5) is 2.43. The third-order valence-electron chi connectivity index (χ3n) is 9.03. The van der Waals surface area contributed by atoms with E-state index in [2.05, 4.69) is 157 Å². The monoisotopic (exact) mass is 528 g/mol. The van der Waals surface area contributed by atoms with Crippen molar-refractivity contribution in [2.24, 2.45) is 0 Å². The molecule has 2 heteroatoms.